The van der Waals surface area contributed by atoms with E-state index in [9.17, 15) is 4.79 Å². The van der Waals surface area contributed by atoms with Crippen molar-refractivity contribution in [2.75, 3.05) is 11.1 Å². The fourth-order valence-corrected chi connectivity index (χ4v) is 2.20. The number of nitrogens with one attached hydrogen (secondary N) is 1. The number of fused-ring (bicyclic) bond motifs is 1. The summed E-state index contributed by atoms with van der Waals surface area (Å²) in [7, 11) is 0. The van der Waals surface area contributed by atoms with Crippen LogP contribution in [0.5, 0.6) is 0 Å². The summed E-state index contributed by atoms with van der Waals surface area (Å²) in [6.45, 7) is 11.9. The van der Waals surface area contributed by atoms with Crippen LogP contribution in [0, 0.1) is 6.92 Å². The summed E-state index contributed by atoms with van der Waals surface area (Å²) in [6, 6.07) is 7.30. The van der Waals surface area contributed by atoms with E-state index in [4.69, 9.17) is 5.73 Å². The topological polar surface area (TPSA) is 107 Å². The number of aromatic nitrogens is 4. The SMILES string of the molecule is CC.CC.CC(=O)c1ccc(NCc2cnc3nc(N)nc(C)c3n2)cc1. The Balaban J connectivity index is 0.000000855. The molecule has 7 nitrogen and oxygen atoms in total. The summed E-state index contributed by atoms with van der Waals surface area (Å²) < 4.78 is 0. The van der Waals surface area contributed by atoms with E-state index in [2.05, 4.69) is 25.3 Å². The molecule has 0 aliphatic heterocycles. The average molecular weight is 368 g/mol. The number of nitrogens with two attached hydrogens (primary N) is 1. The quantitative estimate of drug-likeness (QED) is 0.665. The molecule has 3 rings (SSSR count). The molecule has 0 saturated carbocycles. The minimum Gasteiger partial charge on any atom is -0.379 e. The van der Waals surface area contributed by atoms with Crippen LogP contribution in [-0.2, 0) is 6.54 Å². The molecule has 0 bridgehead atoms. The number of Topliss-reactive ketones (excluding diaryl/α,β-unsaturated/α-hetero) is 1. The summed E-state index contributed by atoms with van der Waals surface area (Å²) in [4.78, 5) is 28.2. The molecule has 0 radical (unpaired) electrons. The van der Waals surface area contributed by atoms with Crippen molar-refractivity contribution in [3.8, 4) is 0 Å². The standard InChI is InChI=1S/C16H16N6O.2C2H6/c1-9-14-15(22-16(17)20-9)19-8-13(21-14)7-18-12-5-3-11(4-6-12)10(2)23;2*1-2/h3-6,8,18H,7H2,1-2H3,(H2,17,19,20,22);2*1-2H3. The fraction of sp³-hybridized carbons (Fsp3) is 0.350. The van der Waals surface area contributed by atoms with Gasteiger partial charge in [-0.25, -0.2) is 15.0 Å². The zero-order valence-electron chi connectivity index (χ0n) is 16.9. The van der Waals surface area contributed by atoms with Crippen molar-refractivity contribution in [3.63, 3.8) is 0 Å². The van der Waals surface area contributed by atoms with Crippen LogP contribution in [0.1, 0.15) is 56.4 Å². The number of hydrogen-bond donors (Lipinski definition) is 2. The number of anilines is 2. The van der Waals surface area contributed by atoms with E-state index < -0.39 is 0 Å². The molecule has 3 aromatic rings. The third-order valence-corrected chi connectivity index (χ3v) is 3.41. The molecule has 1 aromatic carbocycles. The van der Waals surface area contributed by atoms with Crippen LogP contribution in [0.15, 0.2) is 30.5 Å². The number of ketones is 1. The Bertz CT molecular complexity index is 878. The van der Waals surface area contributed by atoms with Gasteiger partial charge in [-0.15, -0.1) is 0 Å². The van der Waals surface area contributed by atoms with E-state index in [1.165, 1.54) is 0 Å². The van der Waals surface area contributed by atoms with Gasteiger partial charge in [0.25, 0.3) is 0 Å². The van der Waals surface area contributed by atoms with Crippen LogP contribution >= 0.6 is 0 Å². The van der Waals surface area contributed by atoms with E-state index in [-0.39, 0.29) is 11.7 Å². The Labute approximate surface area is 160 Å². The molecule has 2 heterocycles. The van der Waals surface area contributed by atoms with Gasteiger partial charge in [-0.05, 0) is 38.1 Å². The van der Waals surface area contributed by atoms with E-state index in [1.807, 2.05) is 46.8 Å². The molecule has 7 heteroatoms. The molecule has 0 amide bonds. The van der Waals surface area contributed by atoms with Gasteiger partial charge in [0, 0.05) is 11.3 Å². The zero-order chi connectivity index (χ0) is 20.4. The molecule has 0 unspecified atom stereocenters. The maximum atomic E-state index is 11.3. The molecular weight excluding hydrogens is 340 g/mol. The first-order chi connectivity index (χ1) is 13.0. The van der Waals surface area contributed by atoms with Crippen molar-refractivity contribution in [3.05, 3.63) is 47.4 Å². The van der Waals surface area contributed by atoms with Crippen LogP contribution in [0.4, 0.5) is 11.6 Å². The Morgan fingerprint density at radius 3 is 2.26 bits per heavy atom. The molecule has 0 fully saturated rings. The van der Waals surface area contributed by atoms with Crippen LogP contribution in [-0.4, -0.2) is 25.7 Å². The summed E-state index contributed by atoms with van der Waals surface area (Å²) in [6.07, 6.45) is 1.66. The lowest BCUT2D eigenvalue weighted by Gasteiger charge is -2.08. The summed E-state index contributed by atoms with van der Waals surface area (Å²) >= 11 is 0. The van der Waals surface area contributed by atoms with Crippen molar-refractivity contribution in [2.45, 2.75) is 48.1 Å². The molecule has 27 heavy (non-hydrogen) atoms. The molecule has 2 aromatic heterocycles. The Kier molecular flexibility index (Phi) is 8.78. The Morgan fingerprint density at radius 2 is 1.67 bits per heavy atom. The van der Waals surface area contributed by atoms with Gasteiger partial charge in [0.15, 0.2) is 11.4 Å². The Hall–Kier alpha value is -3.09. The van der Waals surface area contributed by atoms with E-state index >= 15 is 0 Å². The van der Waals surface area contributed by atoms with Crippen molar-refractivity contribution >= 4 is 28.6 Å². The molecule has 0 aliphatic carbocycles. The number of rotatable bonds is 4. The summed E-state index contributed by atoms with van der Waals surface area (Å²) in [5.41, 5.74) is 9.80. The monoisotopic (exact) mass is 368 g/mol. The van der Waals surface area contributed by atoms with Crippen LogP contribution in [0.25, 0.3) is 11.2 Å². The minimum absolute atomic E-state index is 0.0479. The number of benzene rings is 1. The van der Waals surface area contributed by atoms with Crippen molar-refractivity contribution < 1.29 is 4.79 Å². The number of nitrogen functional groups attached to an aromatic ring is 1. The second-order valence-electron chi connectivity index (χ2n) is 5.19. The highest BCUT2D eigenvalue weighted by molar-refractivity contribution is 5.94. The van der Waals surface area contributed by atoms with E-state index in [0.717, 1.165) is 11.4 Å². The smallest absolute Gasteiger partial charge is 0.222 e. The number of nitrogens with zero attached hydrogens (tertiary/aromatic N) is 4. The zero-order valence-corrected chi connectivity index (χ0v) is 16.9. The predicted octanol–water partition coefficient (Wildman–Crippen LogP) is 4.18. The van der Waals surface area contributed by atoms with E-state index in [0.29, 0.717) is 29.0 Å². The minimum atomic E-state index is 0.0479. The molecule has 0 saturated heterocycles. The lowest BCUT2D eigenvalue weighted by atomic mass is 10.1. The maximum Gasteiger partial charge on any atom is 0.222 e. The second kappa shape index (κ2) is 10.8. The predicted molar refractivity (Wildman–Crippen MR) is 111 cm³/mol. The summed E-state index contributed by atoms with van der Waals surface area (Å²) in [5.74, 6) is 0.243. The van der Waals surface area contributed by atoms with Crippen molar-refractivity contribution in [1.29, 1.82) is 0 Å². The number of aryl methyl sites for hydroxylation is 1. The van der Waals surface area contributed by atoms with Gasteiger partial charge in [-0.1, -0.05) is 27.7 Å². The van der Waals surface area contributed by atoms with Gasteiger partial charge < -0.3 is 11.1 Å². The molecule has 0 atom stereocenters. The van der Waals surface area contributed by atoms with Crippen LogP contribution in [0.2, 0.25) is 0 Å². The van der Waals surface area contributed by atoms with E-state index in [1.54, 1.807) is 25.3 Å². The molecule has 0 aliphatic rings. The van der Waals surface area contributed by atoms with Crippen molar-refractivity contribution in [1.82, 2.24) is 19.9 Å². The number of carbonyl (C=O) groups is 1. The highest BCUT2D eigenvalue weighted by atomic mass is 16.1. The normalized spacial score (nSPS) is 9.56. The largest absolute Gasteiger partial charge is 0.379 e. The summed E-state index contributed by atoms with van der Waals surface area (Å²) in [5, 5.41) is 3.24. The third kappa shape index (κ3) is 5.99. The molecule has 0 spiro atoms. The molecule has 144 valence electrons. The lowest BCUT2D eigenvalue weighted by Crippen LogP contribution is -2.06. The fourth-order valence-electron chi connectivity index (χ4n) is 2.20. The second-order valence-corrected chi connectivity index (χ2v) is 5.19. The maximum absolute atomic E-state index is 11.3. The van der Waals surface area contributed by atoms with Crippen LogP contribution < -0.4 is 11.1 Å². The van der Waals surface area contributed by atoms with Gasteiger partial charge in [-0.2, -0.15) is 4.98 Å². The van der Waals surface area contributed by atoms with Crippen LogP contribution in [0.3, 0.4) is 0 Å². The third-order valence-electron chi connectivity index (χ3n) is 3.41. The number of hydrogen-bond acceptors (Lipinski definition) is 7. The van der Waals surface area contributed by atoms with Gasteiger partial charge in [0.05, 0.1) is 24.1 Å². The highest BCUT2D eigenvalue weighted by Gasteiger charge is 2.07. The van der Waals surface area contributed by atoms with Gasteiger partial charge in [0.1, 0.15) is 5.52 Å². The average Bonchev–Trinajstić information content (AvgIpc) is 2.70. The van der Waals surface area contributed by atoms with Gasteiger partial charge in [0.2, 0.25) is 5.95 Å². The molecule has 3 N–H and O–H groups in total. The van der Waals surface area contributed by atoms with Gasteiger partial charge in [-0.3, -0.25) is 4.79 Å². The first-order valence-corrected chi connectivity index (χ1v) is 9.13. The van der Waals surface area contributed by atoms with Gasteiger partial charge >= 0.3 is 0 Å². The highest BCUT2D eigenvalue weighted by Crippen LogP contribution is 2.14. The Morgan fingerprint density at radius 1 is 1.04 bits per heavy atom. The number of carbonyl (C=O) groups excluding carboxylic acids is 1. The van der Waals surface area contributed by atoms with Crippen molar-refractivity contribution in [2.24, 2.45) is 0 Å². The first kappa shape index (κ1) is 22.0. The lowest BCUT2D eigenvalue weighted by molar-refractivity contribution is 0.101. The molecular formula is C20H28N6O. The first-order valence-electron chi connectivity index (χ1n) is 9.13.